The Bertz CT molecular complexity index is 404. The zero-order chi connectivity index (χ0) is 12.5. The fourth-order valence-electron chi connectivity index (χ4n) is 3.13. The van der Waals surface area contributed by atoms with E-state index in [4.69, 9.17) is 5.73 Å². The number of likely N-dealkylation sites (N-methyl/N-ethyl adjacent to an activating group) is 1. The zero-order valence-electron chi connectivity index (χ0n) is 10.9. The molecule has 0 radical (unpaired) electrons. The van der Waals surface area contributed by atoms with E-state index in [1.54, 1.807) is 6.20 Å². The van der Waals surface area contributed by atoms with Gasteiger partial charge in [0.1, 0.15) is 5.82 Å². The second-order valence-electron chi connectivity index (χ2n) is 5.36. The summed E-state index contributed by atoms with van der Waals surface area (Å²) in [6.07, 6.45) is 7.55. The molecular weight excluding hydrogens is 226 g/mol. The summed E-state index contributed by atoms with van der Waals surface area (Å²) in [5.74, 6) is 0.994. The lowest BCUT2D eigenvalue weighted by Crippen LogP contribution is -2.37. The molecule has 2 aliphatic rings. The second kappa shape index (κ2) is 4.82. The van der Waals surface area contributed by atoms with Crippen molar-refractivity contribution in [2.24, 2.45) is 5.73 Å². The molecule has 2 bridgehead atoms. The molecule has 2 aliphatic heterocycles. The van der Waals surface area contributed by atoms with Gasteiger partial charge in [0.25, 0.3) is 0 Å². The Kier molecular flexibility index (Phi) is 3.18. The third-order valence-corrected chi connectivity index (χ3v) is 4.37. The lowest BCUT2D eigenvalue weighted by molar-refractivity contribution is 0.254. The maximum absolute atomic E-state index is 5.55. The molecule has 0 spiro atoms. The molecule has 0 amide bonds. The van der Waals surface area contributed by atoms with Gasteiger partial charge in [-0.1, -0.05) is 0 Å². The first-order valence-electron chi connectivity index (χ1n) is 6.76. The molecule has 2 saturated heterocycles. The van der Waals surface area contributed by atoms with Crippen LogP contribution in [0.25, 0.3) is 0 Å². The normalized spacial score (nSPS) is 28.4. The highest BCUT2D eigenvalue weighted by Gasteiger charge is 2.34. The Morgan fingerprint density at radius 2 is 2.06 bits per heavy atom. The van der Waals surface area contributed by atoms with Crippen LogP contribution in [-0.2, 0) is 6.54 Å². The molecule has 3 heterocycles. The first-order chi connectivity index (χ1) is 8.78. The van der Waals surface area contributed by atoms with Gasteiger partial charge in [-0.2, -0.15) is 0 Å². The van der Waals surface area contributed by atoms with Crippen LogP contribution in [0.4, 0.5) is 5.82 Å². The lowest BCUT2D eigenvalue weighted by Gasteiger charge is -2.26. The molecule has 18 heavy (non-hydrogen) atoms. The van der Waals surface area contributed by atoms with E-state index < -0.39 is 0 Å². The molecule has 1 aromatic heterocycles. The smallest absolute Gasteiger partial charge is 0.147 e. The maximum atomic E-state index is 5.55. The van der Waals surface area contributed by atoms with Crippen molar-refractivity contribution in [1.29, 1.82) is 0 Å². The summed E-state index contributed by atoms with van der Waals surface area (Å²) >= 11 is 0. The average Bonchev–Trinajstić information content (AvgIpc) is 2.64. The minimum absolute atomic E-state index is 0.459. The Morgan fingerprint density at radius 3 is 2.78 bits per heavy atom. The highest BCUT2D eigenvalue weighted by Crippen LogP contribution is 2.29. The summed E-state index contributed by atoms with van der Waals surface area (Å²) in [5, 5.41) is 0. The number of fused-ring (bicyclic) bond motifs is 2. The molecule has 2 N–H and O–H groups in total. The molecule has 5 nitrogen and oxygen atoms in total. The topological polar surface area (TPSA) is 58.3 Å². The van der Waals surface area contributed by atoms with Crippen LogP contribution < -0.4 is 10.6 Å². The van der Waals surface area contributed by atoms with Crippen molar-refractivity contribution in [3.05, 3.63) is 18.1 Å². The van der Waals surface area contributed by atoms with Crippen LogP contribution in [0, 0.1) is 0 Å². The number of nitrogens with zero attached hydrogens (tertiary/aromatic N) is 4. The molecule has 1 aromatic rings. The number of rotatable bonds is 2. The predicted molar refractivity (Wildman–Crippen MR) is 71.3 cm³/mol. The standard InChI is InChI=1S/C13H21N5/c1-17-11-2-3-12(17)9-18(5-4-11)13-8-15-10(6-14)7-16-13/h7-8,11-12H,2-6,9,14H2,1H3. The van der Waals surface area contributed by atoms with E-state index in [0.29, 0.717) is 12.6 Å². The van der Waals surface area contributed by atoms with Crippen molar-refractivity contribution in [2.45, 2.75) is 37.9 Å². The van der Waals surface area contributed by atoms with E-state index in [1.807, 2.05) is 6.20 Å². The lowest BCUT2D eigenvalue weighted by atomic mass is 10.1. The summed E-state index contributed by atoms with van der Waals surface area (Å²) in [6, 6.07) is 1.43. The predicted octanol–water partition coefficient (Wildman–Crippen LogP) is 0.608. The largest absolute Gasteiger partial charge is 0.354 e. The number of aromatic nitrogens is 2. The summed E-state index contributed by atoms with van der Waals surface area (Å²) in [7, 11) is 2.26. The number of anilines is 1. The number of nitrogens with two attached hydrogens (primary N) is 1. The van der Waals surface area contributed by atoms with Gasteiger partial charge >= 0.3 is 0 Å². The average molecular weight is 247 g/mol. The van der Waals surface area contributed by atoms with Crippen LogP contribution in [0.3, 0.4) is 0 Å². The van der Waals surface area contributed by atoms with Crippen molar-refractivity contribution < 1.29 is 0 Å². The van der Waals surface area contributed by atoms with E-state index in [2.05, 4.69) is 26.8 Å². The highest BCUT2D eigenvalue weighted by molar-refractivity contribution is 5.36. The van der Waals surface area contributed by atoms with Crippen molar-refractivity contribution in [3.63, 3.8) is 0 Å². The number of hydrogen-bond donors (Lipinski definition) is 1. The van der Waals surface area contributed by atoms with Gasteiger partial charge in [0.2, 0.25) is 0 Å². The zero-order valence-corrected chi connectivity index (χ0v) is 10.9. The molecule has 5 heteroatoms. The van der Waals surface area contributed by atoms with Gasteiger partial charge in [-0.25, -0.2) is 4.98 Å². The molecular formula is C13H21N5. The maximum Gasteiger partial charge on any atom is 0.147 e. The fraction of sp³-hybridized carbons (Fsp3) is 0.692. The first-order valence-corrected chi connectivity index (χ1v) is 6.76. The molecule has 0 aromatic carbocycles. The molecule has 2 atom stereocenters. The summed E-state index contributed by atoms with van der Waals surface area (Å²) < 4.78 is 0. The SMILES string of the molecule is CN1C2CCC1CN(c1cnc(CN)cn1)CC2. The van der Waals surface area contributed by atoms with Crippen LogP contribution >= 0.6 is 0 Å². The van der Waals surface area contributed by atoms with E-state index in [0.717, 1.165) is 30.6 Å². The Morgan fingerprint density at radius 1 is 1.22 bits per heavy atom. The minimum atomic E-state index is 0.459. The van der Waals surface area contributed by atoms with Crippen LogP contribution in [0.1, 0.15) is 25.0 Å². The van der Waals surface area contributed by atoms with Crippen LogP contribution in [0.5, 0.6) is 0 Å². The van der Waals surface area contributed by atoms with Gasteiger partial charge < -0.3 is 10.6 Å². The van der Waals surface area contributed by atoms with Crippen LogP contribution in [0.15, 0.2) is 12.4 Å². The third-order valence-electron chi connectivity index (χ3n) is 4.37. The summed E-state index contributed by atoms with van der Waals surface area (Å²) in [5.41, 5.74) is 6.40. The summed E-state index contributed by atoms with van der Waals surface area (Å²) in [6.45, 7) is 2.62. The van der Waals surface area contributed by atoms with E-state index in [1.165, 1.54) is 19.3 Å². The van der Waals surface area contributed by atoms with Crippen LogP contribution in [0.2, 0.25) is 0 Å². The molecule has 0 saturated carbocycles. The van der Waals surface area contributed by atoms with Gasteiger partial charge in [0, 0.05) is 31.7 Å². The molecule has 98 valence electrons. The molecule has 3 rings (SSSR count). The molecule has 2 unspecified atom stereocenters. The van der Waals surface area contributed by atoms with Gasteiger partial charge in [-0.15, -0.1) is 0 Å². The van der Waals surface area contributed by atoms with Crippen LogP contribution in [-0.4, -0.2) is 47.1 Å². The van der Waals surface area contributed by atoms with Gasteiger partial charge in [0.05, 0.1) is 18.1 Å². The van der Waals surface area contributed by atoms with E-state index >= 15 is 0 Å². The Balaban J connectivity index is 1.76. The third kappa shape index (κ3) is 2.08. The quantitative estimate of drug-likeness (QED) is 0.829. The fourth-order valence-corrected chi connectivity index (χ4v) is 3.13. The monoisotopic (exact) mass is 247 g/mol. The van der Waals surface area contributed by atoms with E-state index in [9.17, 15) is 0 Å². The van der Waals surface area contributed by atoms with Crippen molar-refractivity contribution >= 4 is 5.82 Å². The second-order valence-corrected chi connectivity index (χ2v) is 5.36. The summed E-state index contributed by atoms with van der Waals surface area (Å²) in [4.78, 5) is 13.7. The van der Waals surface area contributed by atoms with Gasteiger partial charge in [-0.05, 0) is 26.3 Å². The number of hydrogen-bond acceptors (Lipinski definition) is 5. The van der Waals surface area contributed by atoms with Crippen molar-refractivity contribution in [2.75, 3.05) is 25.0 Å². The van der Waals surface area contributed by atoms with Gasteiger partial charge in [-0.3, -0.25) is 9.88 Å². The highest BCUT2D eigenvalue weighted by atomic mass is 15.3. The van der Waals surface area contributed by atoms with Crippen molar-refractivity contribution in [3.8, 4) is 0 Å². The minimum Gasteiger partial charge on any atom is -0.354 e. The Hall–Kier alpha value is -1.20. The van der Waals surface area contributed by atoms with E-state index in [-0.39, 0.29) is 0 Å². The van der Waals surface area contributed by atoms with Gasteiger partial charge in [0.15, 0.2) is 0 Å². The van der Waals surface area contributed by atoms with Crippen molar-refractivity contribution in [1.82, 2.24) is 14.9 Å². The molecule has 2 fully saturated rings. The Labute approximate surface area is 108 Å². The molecule has 0 aliphatic carbocycles. The first kappa shape index (κ1) is 11.9.